The highest BCUT2D eigenvalue weighted by atomic mass is 19.1. The van der Waals surface area contributed by atoms with Crippen LogP contribution in [0.5, 0.6) is 0 Å². The molecule has 3 aromatic rings. The van der Waals surface area contributed by atoms with Gasteiger partial charge in [-0.05, 0) is 29.8 Å². The van der Waals surface area contributed by atoms with Crippen molar-refractivity contribution in [3.63, 3.8) is 0 Å². The maximum atomic E-state index is 12.8. The minimum Gasteiger partial charge on any atom is -0.220 e. The van der Waals surface area contributed by atoms with Crippen molar-refractivity contribution in [2.24, 2.45) is 0 Å². The highest BCUT2D eigenvalue weighted by Crippen LogP contribution is 2.10. The van der Waals surface area contributed by atoms with Crippen LogP contribution in [0.15, 0.2) is 60.8 Å². The Morgan fingerprint density at radius 3 is 2.42 bits per heavy atom. The molecule has 0 aliphatic heterocycles. The van der Waals surface area contributed by atoms with Crippen LogP contribution in [0.3, 0.4) is 0 Å². The largest absolute Gasteiger partial charge is 0.220 e. The second-order valence-corrected chi connectivity index (χ2v) is 4.29. The van der Waals surface area contributed by atoms with Crippen LogP contribution in [0.4, 0.5) is 4.39 Å². The maximum Gasteiger partial charge on any atom is 0.123 e. The van der Waals surface area contributed by atoms with E-state index in [2.05, 4.69) is 10.3 Å². The number of nitrogens with zero attached hydrogens (tertiary/aromatic N) is 3. The summed E-state index contributed by atoms with van der Waals surface area (Å²) < 4.78 is 14.6. The summed E-state index contributed by atoms with van der Waals surface area (Å²) in [6, 6.07) is 16.2. The molecule has 0 saturated carbocycles. The summed E-state index contributed by atoms with van der Waals surface area (Å²) >= 11 is 0. The van der Waals surface area contributed by atoms with Crippen molar-refractivity contribution in [1.29, 1.82) is 0 Å². The Hall–Kier alpha value is -2.49. The lowest BCUT2D eigenvalue weighted by molar-refractivity contribution is 0.627. The summed E-state index contributed by atoms with van der Waals surface area (Å²) in [5.41, 5.74) is 2.84. The molecule has 94 valence electrons. The minimum atomic E-state index is -0.225. The average molecular weight is 253 g/mol. The summed E-state index contributed by atoms with van der Waals surface area (Å²) in [4.78, 5) is 0. The van der Waals surface area contributed by atoms with E-state index in [9.17, 15) is 4.39 Å². The molecule has 3 nitrogen and oxygen atoms in total. The van der Waals surface area contributed by atoms with Crippen LogP contribution in [0, 0.1) is 5.82 Å². The lowest BCUT2D eigenvalue weighted by atomic mass is 10.1. The standard InChI is InChI=1S/C15H12FN3/c16-13-8-6-12(7-9-13)10-14-11-19(18-17-14)15-4-2-1-3-5-15/h1-9,11H,10H2. The van der Waals surface area contributed by atoms with Gasteiger partial charge in [-0.3, -0.25) is 0 Å². The molecular weight excluding hydrogens is 241 g/mol. The van der Waals surface area contributed by atoms with Crippen LogP contribution in [0.1, 0.15) is 11.3 Å². The van der Waals surface area contributed by atoms with Crippen molar-refractivity contribution < 1.29 is 4.39 Å². The molecule has 2 aromatic carbocycles. The molecule has 1 heterocycles. The molecule has 0 aliphatic carbocycles. The zero-order valence-corrected chi connectivity index (χ0v) is 10.2. The van der Waals surface area contributed by atoms with E-state index in [0.717, 1.165) is 16.9 Å². The van der Waals surface area contributed by atoms with Gasteiger partial charge in [-0.2, -0.15) is 0 Å². The first-order valence-corrected chi connectivity index (χ1v) is 6.02. The fourth-order valence-electron chi connectivity index (χ4n) is 1.90. The summed E-state index contributed by atoms with van der Waals surface area (Å²) in [5.74, 6) is -0.225. The Morgan fingerprint density at radius 1 is 0.947 bits per heavy atom. The van der Waals surface area contributed by atoms with Crippen LogP contribution in [-0.2, 0) is 6.42 Å². The van der Waals surface area contributed by atoms with Gasteiger partial charge in [-0.1, -0.05) is 35.5 Å². The summed E-state index contributed by atoms with van der Waals surface area (Å²) in [5, 5.41) is 8.22. The third kappa shape index (κ3) is 2.68. The molecule has 0 radical (unpaired) electrons. The third-order valence-corrected chi connectivity index (χ3v) is 2.86. The first-order valence-electron chi connectivity index (χ1n) is 6.02. The number of rotatable bonds is 3. The normalized spacial score (nSPS) is 10.6. The summed E-state index contributed by atoms with van der Waals surface area (Å²) in [6.45, 7) is 0. The van der Waals surface area contributed by atoms with Gasteiger partial charge in [0.25, 0.3) is 0 Å². The molecule has 3 rings (SSSR count). The van der Waals surface area contributed by atoms with E-state index in [-0.39, 0.29) is 5.82 Å². The van der Waals surface area contributed by atoms with E-state index in [1.807, 2.05) is 36.5 Å². The van der Waals surface area contributed by atoms with Crippen molar-refractivity contribution in [3.05, 3.63) is 77.9 Å². The van der Waals surface area contributed by atoms with Crippen molar-refractivity contribution in [3.8, 4) is 5.69 Å². The second-order valence-electron chi connectivity index (χ2n) is 4.29. The Balaban J connectivity index is 1.80. The van der Waals surface area contributed by atoms with Crippen molar-refractivity contribution >= 4 is 0 Å². The summed E-state index contributed by atoms with van der Waals surface area (Å²) in [7, 11) is 0. The van der Waals surface area contributed by atoms with Gasteiger partial charge >= 0.3 is 0 Å². The average Bonchev–Trinajstić information content (AvgIpc) is 2.91. The fourth-order valence-corrected chi connectivity index (χ4v) is 1.90. The second kappa shape index (κ2) is 5.02. The Bertz CT molecular complexity index is 659. The molecule has 4 heteroatoms. The third-order valence-electron chi connectivity index (χ3n) is 2.86. The number of benzene rings is 2. The molecular formula is C15H12FN3. The highest BCUT2D eigenvalue weighted by Gasteiger charge is 2.03. The van der Waals surface area contributed by atoms with E-state index in [1.165, 1.54) is 12.1 Å². The van der Waals surface area contributed by atoms with Gasteiger partial charge in [0.2, 0.25) is 0 Å². The van der Waals surface area contributed by atoms with Crippen molar-refractivity contribution in [1.82, 2.24) is 15.0 Å². The fraction of sp³-hybridized carbons (Fsp3) is 0.0667. The monoisotopic (exact) mass is 253 g/mol. The quantitative estimate of drug-likeness (QED) is 0.718. The molecule has 0 unspecified atom stereocenters. The van der Waals surface area contributed by atoms with Crippen molar-refractivity contribution in [2.45, 2.75) is 6.42 Å². The van der Waals surface area contributed by atoms with E-state index in [1.54, 1.807) is 16.8 Å². The topological polar surface area (TPSA) is 30.7 Å². The zero-order chi connectivity index (χ0) is 13.1. The Morgan fingerprint density at radius 2 is 1.68 bits per heavy atom. The van der Waals surface area contributed by atoms with Crippen LogP contribution in [0.25, 0.3) is 5.69 Å². The van der Waals surface area contributed by atoms with Crippen molar-refractivity contribution in [2.75, 3.05) is 0 Å². The van der Waals surface area contributed by atoms with E-state index in [0.29, 0.717) is 6.42 Å². The highest BCUT2D eigenvalue weighted by molar-refractivity contribution is 5.30. The predicted molar refractivity (Wildman–Crippen MR) is 70.6 cm³/mol. The van der Waals surface area contributed by atoms with Gasteiger partial charge in [-0.15, -0.1) is 5.10 Å². The van der Waals surface area contributed by atoms with E-state index < -0.39 is 0 Å². The smallest absolute Gasteiger partial charge is 0.123 e. The molecule has 0 spiro atoms. The number of halogens is 1. The number of para-hydroxylation sites is 1. The maximum absolute atomic E-state index is 12.8. The molecule has 0 N–H and O–H groups in total. The molecule has 0 atom stereocenters. The summed E-state index contributed by atoms with van der Waals surface area (Å²) in [6.07, 6.45) is 2.53. The molecule has 1 aromatic heterocycles. The first kappa shape index (κ1) is 11.6. The van der Waals surface area contributed by atoms with Crippen LogP contribution >= 0.6 is 0 Å². The Kier molecular flexibility index (Phi) is 3.06. The minimum absolute atomic E-state index is 0.225. The SMILES string of the molecule is Fc1ccc(Cc2cn(-c3ccccc3)nn2)cc1. The molecule has 0 saturated heterocycles. The number of hydrogen-bond donors (Lipinski definition) is 0. The number of aromatic nitrogens is 3. The predicted octanol–water partition coefficient (Wildman–Crippen LogP) is 3.00. The van der Waals surface area contributed by atoms with Crippen LogP contribution in [-0.4, -0.2) is 15.0 Å². The van der Waals surface area contributed by atoms with Gasteiger partial charge in [0.05, 0.1) is 17.6 Å². The lowest BCUT2D eigenvalue weighted by Crippen LogP contribution is -1.93. The van der Waals surface area contributed by atoms with Gasteiger partial charge in [0, 0.05) is 6.42 Å². The Labute approximate surface area is 110 Å². The first-order chi connectivity index (χ1) is 9.31. The molecule has 0 bridgehead atoms. The van der Waals surface area contributed by atoms with Gasteiger partial charge in [0.15, 0.2) is 0 Å². The van der Waals surface area contributed by atoms with Gasteiger partial charge < -0.3 is 0 Å². The zero-order valence-electron chi connectivity index (χ0n) is 10.2. The van der Waals surface area contributed by atoms with E-state index in [4.69, 9.17) is 0 Å². The van der Waals surface area contributed by atoms with Gasteiger partial charge in [-0.25, -0.2) is 9.07 Å². The van der Waals surface area contributed by atoms with Crippen LogP contribution < -0.4 is 0 Å². The molecule has 0 fully saturated rings. The van der Waals surface area contributed by atoms with Crippen LogP contribution in [0.2, 0.25) is 0 Å². The van der Waals surface area contributed by atoms with Gasteiger partial charge in [0.1, 0.15) is 5.82 Å². The number of hydrogen-bond acceptors (Lipinski definition) is 2. The lowest BCUT2D eigenvalue weighted by Gasteiger charge is -1.98. The van der Waals surface area contributed by atoms with E-state index >= 15 is 0 Å². The molecule has 19 heavy (non-hydrogen) atoms. The molecule has 0 aliphatic rings. The molecule has 0 amide bonds.